The maximum Gasteiger partial charge on any atom is 0.179 e. The molecule has 3 rings (SSSR count). The molecule has 0 amide bonds. The van der Waals surface area contributed by atoms with Crippen molar-refractivity contribution in [2.24, 2.45) is 0 Å². The monoisotopic (exact) mass is 323 g/mol. The van der Waals surface area contributed by atoms with Gasteiger partial charge in [-0.05, 0) is 47.0 Å². The van der Waals surface area contributed by atoms with Gasteiger partial charge in [0.15, 0.2) is 11.5 Å². The fourth-order valence-corrected chi connectivity index (χ4v) is 3.34. The Morgan fingerprint density at radius 1 is 1.33 bits per heavy atom. The summed E-state index contributed by atoms with van der Waals surface area (Å²) in [7, 11) is 0. The molecule has 0 radical (unpaired) electrons. The molecule has 2 aromatic rings. The van der Waals surface area contributed by atoms with E-state index in [1.54, 1.807) is 11.3 Å². The Labute approximate surface area is 133 Å². The number of rotatable bonds is 4. The van der Waals surface area contributed by atoms with E-state index in [1.165, 1.54) is 5.56 Å². The Kier molecular flexibility index (Phi) is 4.68. The quantitative estimate of drug-likeness (QED) is 0.903. The van der Waals surface area contributed by atoms with Crippen LogP contribution in [0.2, 0.25) is 5.02 Å². The van der Waals surface area contributed by atoms with Crippen molar-refractivity contribution in [3.63, 3.8) is 0 Å². The van der Waals surface area contributed by atoms with Crippen LogP contribution in [0.4, 0.5) is 0 Å². The van der Waals surface area contributed by atoms with Crippen LogP contribution in [-0.4, -0.2) is 13.2 Å². The van der Waals surface area contributed by atoms with Crippen LogP contribution >= 0.6 is 22.9 Å². The number of fused-ring (bicyclic) bond motifs is 1. The largest absolute Gasteiger partial charge is 0.489 e. The first-order valence-electron chi connectivity index (χ1n) is 7.07. The fraction of sp³-hybridized carbons (Fsp3) is 0.375. The minimum absolute atomic E-state index is 0.311. The molecule has 21 heavy (non-hydrogen) atoms. The summed E-state index contributed by atoms with van der Waals surface area (Å²) in [5, 5.41) is 8.38. The van der Waals surface area contributed by atoms with Crippen LogP contribution in [-0.2, 0) is 6.54 Å². The maximum absolute atomic E-state index is 6.30. The second kappa shape index (κ2) is 6.69. The molecular weight excluding hydrogens is 306 g/mol. The van der Waals surface area contributed by atoms with Gasteiger partial charge in [-0.1, -0.05) is 11.6 Å². The third-order valence-corrected chi connectivity index (χ3v) is 4.50. The normalized spacial score (nSPS) is 15.5. The number of benzene rings is 1. The molecule has 5 heteroatoms. The van der Waals surface area contributed by atoms with E-state index in [0.717, 1.165) is 24.3 Å². The van der Waals surface area contributed by atoms with Crippen molar-refractivity contribution in [3.05, 3.63) is 45.1 Å². The Hall–Kier alpha value is -1.23. The van der Waals surface area contributed by atoms with Crippen molar-refractivity contribution in [2.75, 3.05) is 13.2 Å². The number of nitrogens with one attached hydrogen (secondary N) is 1. The topological polar surface area (TPSA) is 30.5 Å². The maximum atomic E-state index is 6.30. The third kappa shape index (κ3) is 3.51. The lowest BCUT2D eigenvalue weighted by atomic mass is 10.1. The Bertz CT molecular complexity index is 601. The van der Waals surface area contributed by atoms with Gasteiger partial charge in [-0.3, -0.25) is 0 Å². The molecule has 0 fully saturated rings. The predicted molar refractivity (Wildman–Crippen MR) is 86.6 cm³/mol. The summed E-state index contributed by atoms with van der Waals surface area (Å²) in [5.74, 6) is 1.42. The van der Waals surface area contributed by atoms with Gasteiger partial charge in [-0.15, -0.1) is 0 Å². The van der Waals surface area contributed by atoms with Crippen molar-refractivity contribution < 1.29 is 9.47 Å². The number of ether oxygens (including phenoxy) is 2. The first-order chi connectivity index (χ1) is 10.2. The number of hydrogen-bond donors (Lipinski definition) is 1. The standard InChI is InChI=1S/C16H18ClNO2S/c1-11(13-3-6-21-10-13)18-9-12-7-14(17)16-15(8-12)19-4-2-5-20-16/h3,6-8,10-11,18H,2,4-5,9H2,1H3. The molecule has 1 atom stereocenters. The molecule has 0 aliphatic carbocycles. The minimum Gasteiger partial charge on any atom is -0.489 e. The van der Waals surface area contributed by atoms with Gasteiger partial charge >= 0.3 is 0 Å². The zero-order valence-corrected chi connectivity index (χ0v) is 13.5. The van der Waals surface area contributed by atoms with Gasteiger partial charge in [0.05, 0.1) is 18.2 Å². The van der Waals surface area contributed by atoms with Crippen molar-refractivity contribution in [1.82, 2.24) is 5.32 Å². The fourth-order valence-electron chi connectivity index (χ4n) is 2.30. The lowest BCUT2D eigenvalue weighted by Gasteiger charge is -2.15. The molecule has 1 aromatic heterocycles. The van der Waals surface area contributed by atoms with Gasteiger partial charge in [0.1, 0.15) is 0 Å². The first-order valence-corrected chi connectivity index (χ1v) is 8.39. The summed E-state index contributed by atoms with van der Waals surface area (Å²) in [6, 6.07) is 6.41. The van der Waals surface area contributed by atoms with Crippen LogP contribution in [0.5, 0.6) is 11.5 Å². The predicted octanol–water partition coefficient (Wildman–Crippen LogP) is 4.41. The SMILES string of the molecule is CC(NCc1cc(Cl)c2c(c1)OCCCO2)c1ccsc1. The molecule has 1 aliphatic heterocycles. The molecule has 1 aromatic carbocycles. The van der Waals surface area contributed by atoms with Crippen molar-refractivity contribution in [3.8, 4) is 11.5 Å². The van der Waals surface area contributed by atoms with E-state index in [4.69, 9.17) is 21.1 Å². The molecule has 0 saturated carbocycles. The molecule has 0 bridgehead atoms. The first kappa shape index (κ1) is 14.7. The van der Waals surface area contributed by atoms with E-state index in [2.05, 4.69) is 29.1 Å². The van der Waals surface area contributed by atoms with Gasteiger partial charge in [-0.2, -0.15) is 11.3 Å². The zero-order chi connectivity index (χ0) is 14.7. The highest BCUT2D eigenvalue weighted by molar-refractivity contribution is 7.07. The van der Waals surface area contributed by atoms with Crippen LogP contribution < -0.4 is 14.8 Å². The van der Waals surface area contributed by atoms with Crippen LogP contribution in [0.25, 0.3) is 0 Å². The Morgan fingerprint density at radius 3 is 3.00 bits per heavy atom. The van der Waals surface area contributed by atoms with E-state index < -0.39 is 0 Å². The highest BCUT2D eigenvalue weighted by Crippen LogP contribution is 2.38. The molecule has 3 nitrogen and oxygen atoms in total. The van der Waals surface area contributed by atoms with Crippen molar-refractivity contribution in [1.29, 1.82) is 0 Å². The summed E-state index contributed by atoms with van der Waals surface area (Å²) in [6.07, 6.45) is 0.883. The highest BCUT2D eigenvalue weighted by Gasteiger charge is 2.16. The number of hydrogen-bond acceptors (Lipinski definition) is 4. The summed E-state index contributed by atoms with van der Waals surface area (Å²) < 4.78 is 11.4. The van der Waals surface area contributed by atoms with E-state index in [9.17, 15) is 0 Å². The van der Waals surface area contributed by atoms with Crippen molar-refractivity contribution >= 4 is 22.9 Å². The molecule has 0 saturated heterocycles. The summed E-state index contributed by atoms with van der Waals surface area (Å²) >= 11 is 8.02. The highest BCUT2D eigenvalue weighted by atomic mass is 35.5. The molecule has 2 heterocycles. The lowest BCUT2D eigenvalue weighted by molar-refractivity contribution is 0.297. The third-order valence-electron chi connectivity index (χ3n) is 3.52. The average Bonchev–Trinajstić information content (AvgIpc) is 2.91. The Morgan fingerprint density at radius 2 is 2.19 bits per heavy atom. The lowest BCUT2D eigenvalue weighted by Crippen LogP contribution is -2.17. The summed E-state index contributed by atoms with van der Waals surface area (Å²) in [5.41, 5.74) is 2.41. The van der Waals surface area contributed by atoms with Gasteiger partial charge in [0.25, 0.3) is 0 Å². The van der Waals surface area contributed by atoms with Gasteiger partial charge in [0, 0.05) is 19.0 Å². The smallest absolute Gasteiger partial charge is 0.179 e. The van der Waals surface area contributed by atoms with Crippen LogP contribution in [0.3, 0.4) is 0 Å². The summed E-state index contributed by atoms with van der Waals surface area (Å²) in [6.45, 7) is 4.23. The van der Waals surface area contributed by atoms with Crippen LogP contribution in [0, 0.1) is 0 Å². The average molecular weight is 324 g/mol. The Balaban J connectivity index is 1.71. The van der Waals surface area contributed by atoms with Crippen LogP contribution in [0.15, 0.2) is 29.0 Å². The van der Waals surface area contributed by atoms with Crippen LogP contribution in [0.1, 0.15) is 30.5 Å². The number of halogens is 1. The molecule has 0 spiro atoms. The summed E-state index contributed by atoms with van der Waals surface area (Å²) in [4.78, 5) is 0. The molecule has 112 valence electrons. The van der Waals surface area contributed by atoms with E-state index >= 15 is 0 Å². The van der Waals surface area contributed by atoms with Gasteiger partial charge in [0.2, 0.25) is 0 Å². The molecule has 1 N–H and O–H groups in total. The second-order valence-electron chi connectivity index (χ2n) is 5.11. The molecule has 1 aliphatic rings. The second-order valence-corrected chi connectivity index (χ2v) is 6.30. The number of thiophene rings is 1. The van der Waals surface area contributed by atoms with E-state index in [1.807, 2.05) is 12.1 Å². The molecule has 1 unspecified atom stereocenters. The zero-order valence-electron chi connectivity index (χ0n) is 11.9. The molecular formula is C16H18ClNO2S. The van der Waals surface area contributed by atoms with Gasteiger partial charge in [-0.25, -0.2) is 0 Å². The van der Waals surface area contributed by atoms with Gasteiger partial charge < -0.3 is 14.8 Å². The van der Waals surface area contributed by atoms with Crippen molar-refractivity contribution in [2.45, 2.75) is 25.9 Å². The minimum atomic E-state index is 0.311. The van der Waals surface area contributed by atoms with E-state index in [-0.39, 0.29) is 0 Å². The van der Waals surface area contributed by atoms with E-state index in [0.29, 0.717) is 30.0 Å².